The van der Waals surface area contributed by atoms with Crippen LogP contribution in [0.4, 0.5) is 14.5 Å². The van der Waals surface area contributed by atoms with E-state index in [4.69, 9.17) is 0 Å². The molecule has 1 nitrogen and oxygen atoms in total. The summed E-state index contributed by atoms with van der Waals surface area (Å²) < 4.78 is 24.6. The fraction of sp³-hybridized carbons (Fsp3) is 0.333. The van der Waals surface area contributed by atoms with Gasteiger partial charge in [0.2, 0.25) is 0 Å². The van der Waals surface area contributed by atoms with Crippen molar-refractivity contribution in [2.75, 3.05) is 12.4 Å². The summed E-state index contributed by atoms with van der Waals surface area (Å²) in [6.45, 7) is 4.00. The SMILES string of the molecule is CC.CNc1ccc(F)c(F)c1. The number of anilines is 1. The van der Waals surface area contributed by atoms with Gasteiger partial charge in [0.1, 0.15) is 0 Å². The van der Waals surface area contributed by atoms with E-state index < -0.39 is 11.6 Å². The average Bonchev–Trinajstić information content (AvgIpc) is 2.13. The smallest absolute Gasteiger partial charge is 0.160 e. The summed E-state index contributed by atoms with van der Waals surface area (Å²) in [5.41, 5.74) is 0.568. The molecule has 1 aromatic rings. The fourth-order valence-corrected chi connectivity index (χ4v) is 0.652. The highest BCUT2D eigenvalue weighted by molar-refractivity contribution is 5.42. The van der Waals surface area contributed by atoms with Gasteiger partial charge in [0, 0.05) is 12.7 Å². The lowest BCUT2D eigenvalue weighted by Crippen LogP contribution is -1.90. The minimum Gasteiger partial charge on any atom is -0.388 e. The van der Waals surface area contributed by atoms with E-state index in [0.717, 1.165) is 12.1 Å². The molecule has 0 aliphatic carbocycles. The van der Waals surface area contributed by atoms with Crippen molar-refractivity contribution < 1.29 is 8.78 Å². The molecule has 0 aromatic heterocycles. The van der Waals surface area contributed by atoms with Crippen LogP contribution in [0, 0.1) is 11.6 Å². The lowest BCUT2D eigenvalue weighted by atomic mass is 10.3. The van der Waals surface area contributed by atoms with Gasteiger partial charge in [-0.1, -0.05) is 13.8 Å². The van der Waals surface area contributed by atoms with Gasteiger partial charge in [0.25, 0.3) is 0 Å². The maximum Gasteiger partial charge on any atom is 0.160 e. The molecule has 0 spiro atoms. The van der Waals surface area contributed by atoms with Crippen molar-refractivity contribution in [3.8, 4) is 0 Å². The van der Waals surface area contributed by atoms with Crippen LogP contribution in [0.3, 0.4) is 0 Å². The van der Waals surface area contributed by atoms with Crippen LogP contribution in [0.2, 0.25) is 0 Å². The second kappa shape index (κ2) is 5.52. The summed E-state index contributed by atoms with van der Waals surface area (Å²) in [5.74, 6) is -1.65. The van der Waals surface area contributed by atoms with Crippen LogP contribution >= 0.6 is 0 Å². The third-order valence-corrected chi connectivity index (χ3v) is 1.21. The molecule has 68 valence electrons. The van der Waals surface area contributed by atoms with Crippen molar-refractivity contribution in [1.82, 2.24) is 0 Å². The molecule has 1 aromatic carbocycles. The van der Waals surface area contributed by atoms with Crippen LogP contribution < -0.4 is 5.32 Å². The van der Waals surface area contributed by atoms with E-state index in [1.54, 1.807) is 7.05 Å². The average molecular weight is 173 g/mol. The van der Waals surface area contributed by atoms with Crippen LogP contribution in [0.15, 0.2) is 18.2 Å². The molecular weight excluding hydrogens is 160 g/mol. The Hall–Kier alpha value is -1.12. The first kappa shape index (κ1) is 10.9. The zero-order chi connectivity index (χ0) is 9.56. The topological polar surface area (TPSA) is 12.0 Å². The monoisotopic (exact) mass is 173 g/mol. The van der Waals surface area contributed by atoms with Crippen LogP contribution in [0.1, 0.15) is 13.8 Å². The zero-order valence-electron chi connectivity index (χ0n) is 7.49. The van der Waals surface area contributed by atoms with E-state index in [-0.39, 0.29) is 0 Å². The number of hydrogen-bond donors (Lipinski definition) is 1. The quantitative estimate of drug-likeness (QED) is 0.688. The molecule has 0 aliphatic heterocycles. The van der Waals surface area contributed by atoms with Gasteiger partial charge < -0.3 is 5.32 Å². The predicted octanol–water partition coefficient (Wildman–Crippen LogP) is 3.03. The molecular formula is C9H13F2N. The third kappa shape index (κ3) is 2.86. The Kier molecular flexibility index (Phi) is 5.00. The Bertz CT molecular complexity index is 236. The number of benzene rings is 1. The molecule has 0 atom stereocenters. The molecule has 0 bridgehead atoms. The van der Waals surface area contributed by atoms with Gasteiger partial charge in [0.15, 0.2) is 11.6 Å². The standard InChI is InChI=1S/C7H7F2N.C2H6/c1-10-5-2-3-6(8)7(9)4-5;1-2/h2-4,10H,1H3;1-2H3. The molecule has 0 amide bonds. The Labute approximate surface area is 71.4 Å². The molecule has 0 unspecified atom stereocenters. The molecule has 0 saturated carbocycles. The Balaban J connectivity index is 0.000000561. The first-order valence-electron chi connectivity index (χ1n) is 3.87. The van der Waals surface area contributed by atoms with E-state index in [1.807, 2.05) is 13.8 Å². The third-order valence-electron chi connectivity index (χ3n) is 1.21. The number of hydrogen-bond acceptors (Lipinski definition) is 1. The van der Waals surface area contributed by atoms with Gasteiger partial charge in [-0.15, -0.1) is 0 Å². The van der Waals surface area contributed by atoms with Gasteiger partial charge in [-0.25, -0.2) is 8.78 Å². The van der Waals surface area contributed by atoms with E-state index in [1.165, 1.54) is 6.07 Å². The second-order valence-electron chi connectivity index (χ2n) is 1.88. The highest BCUT2D eigenvalue weighted by atomic mass is 19.2. The van der Waals surface area contributed by atoms with Crippen LogP contribution in [0.5, 0.6) is 0 Å². The van der Waals surface area contributed by atoms with Crippen molar-refractivity contribution in [1.29, 1.82) is 0 Å². The normalized spacial score (nSPS) is 8.42. The zero-order valence-corrected chi connectivity index (χ0v) is 7.49. The molecule has 0 radical (unpaired) electrons. The van der Waals surface area contributed by atoms with Crippen molar-refractivity contribution >= 4 is 5.69 Å². The van der Waals surface area contributed by atoms with Crippen LogP contribution in [-0.4, -0.2) is 7.05 Å². The second-order valence-corrected chi connectivity index (χ2v) is 1.88. The van der Waals surface area contributed by atoms with E-state index in [0.29, 0.717) is 5.69 Å². The van der Waals surface area contributed by atoms with Crippen LogP contribution in [0.25, 0.3) is 0 Å². The molecule has 1 N–H and O–H groups in total. The number of rotatable bonds is 1. The summed E-state index contributed by atoms with van der Waals surface area (Å²) in [7, 11) is 1.65. The summed E-state index contributed by atoms with van der Waals surface area (Å²) >= 11 is 0. The van der Waals surface area contributed by atoms with Crippen molar-refractivity contribution in [2.24, 2.45) is 0 Å². The Morgan fingerprint density at radius 1 is 1.08 bits per heavy atom. The maximum absolute atomic E-state index is 12.4. The first-order chi connectivity index (χ1) is 5.74. The molecule has 0 aliphatic rings. The van der Waals surface area contributed by atoms with Crippen molar-refractivity contribution in [3.63, 3.8) is 0 Å². The minimum absolute atomic E-state index is 0.568. The van der Waals surface area contributed by atoms with E-state index in [2.05, 4.69) is 5.32 Å². The predicted molar refractivity (Wildman–Crippen MR) is 47.3 cm³/mol. The van der Waals surface area contributed by atoms with Gasteiger partial charge in [-0.3, -0.25) is 0 Å². The molecule has 0 saturated heterocycles. The number of nitrogens with one attached hydrogen (secondary N) is 1. The number of halogens is 2. The molecule has 3 heteroatoms. The lowest BCUT2D eigenvalue weighted by Gasteiger charge is -1.98. The summed E-state index contributed by atoms with van der Waals surface area (Å²) in [6.07, 6.45) is 0. The first-order valence-corrected chi connectivity index (χ1v) is 3.87. The van der Waals surface area contributed by atoms with Gasteiger partial charge in [-0.2, -0.15) is 0 Å². The highest BCUT2D eigenvalue weighted by Crippen LogP contribution is 2.11. The highest BCUT2D eigenvalue weighted by Gasteiger charge is 1.99. The molecule has 1 rings (SSSR count). The summed E-state index contributed by atoms with van der Waals surface area (Å²) in [6, 6.07) is 3.66. The largest absolute Gasteiger partial charge is 0.388 e. The van der Waals surface area contributed by atoms with Crippen molar-refractivity contribution in [3.05, 3.63) is 29.8 Å². The van der Waals surface area contributed by atoms with Gasteiger partial charge in [0.05, 0.1) is 0 Å². The summed E-state index contributed by atoms with van der Waals surface area (Å²) in [5, 5.41) is 2.69. The van der Waals surface area contributed by atoms with E-state index >= 15 is 0 Å². The fourth-order valence-electron chi connectivity index (χ4n) is 0.652. The lowest BCUT2D eigenvalue weighted by molar-refractivity contribution is 0.509. The van der Waals surface area contributed by atoms with Gasteiger partial charge >= 0.3 is 0 Å². The maximum atomic E-state index is 12.4. The van der Waals surface area contributed by atoms with E-state index in [9.17, 15) is 8.78 Å². The minimum atomic E-state index is -0.827. The van der Waals surface area contributed by atoms with Crippen molar-refractivity contribution in [2.45, 2.75) is 13.8 Å². The molecule has 0 fully saturated rings. The van der Waals surface area contributed by atoms with Gasteiger partial charge in [-0.05, 0) is 18.2 Å². The Morgan fingerprint density at radius 2 is 1.67 bits per heavy atom. The Morgan fingerprint density at radius 3 is 2.08 bits per heavy atom. The molecule has 12 heavy (non-hydrogen) atoms. The molecule has 0 heterocycles. The van der Waals surface area contributed by atoms with Crippen LogP contribution in [-0.2, 0) is 0 Å². The summed E-state index contributed by atoms with van der Waals surface area (Å²) in [4.78, 5) is 0.